The second-order valence-corrected chi connectivity index (χ2v) is 7.00. The SMILES string of the molecule is CCN(CC(=O)Nc1c(Cl)cccc1Cl)C(=O)C1(N)CCCCC1. The van der Waals surface area contributed by atoms with Crippen LogP contribution in [0.2, 0.25) is 10.0 Å². The third kappa shape index (κ3) is 4.41. The number of likely N-dealkylation sites (N-methyl/N-ethyl adjacent to an activating group) is 1. The fourth-order valence-corrected chi connectivity index (χ4v) is 3.50. The van der Waals surface area contributed by atoms with Gasteiger partial charge in [0.1, 0.15) is 0 Å². The van der Waals surface area contributed by atoms with Crippen LogP contribution in [0.25, 0.3) is 0 Å². The number of halogens is 2. The summed E-state index contributed by atoms with van der Waals surface area (Å²) < 4.78 is 0. The molecule has 132 valence electrons. The van der Waals surface area contributed by atoms with E-state index < -0.39 is 5.54 Å². The van der Waals surface area contributed by atoms with Crippen molar-refractivity contribution in [3.63, 3.8) is 0 Å². The molecule has 0 spiro atoms. The monoisotopic (exact) mass is 371 g/mol. The summed E-state index contributed by atoms with van der Waals surface area (Å²) in [5.74, 6) is -0.510. The van der Waals surface area contributed by atoms with Gasteiger partial charge in [-0.2, -0.15) is 0 Å². The van der Waals surface area contributed by atoms with E-state index in [1.165, 1.54) is 4.90 Å². The van der Waals surface area contributed by atoms with Gasteiger partial charge in [-0.3, -0.25) is 9.59 Å². The third-order valence-corrected chi connectivity index (χ3v) is 5.03. The lowest BCUT2D eigenvalue weighted by Crippen LogP contribution is -2.57. The summed E-state index contributed by atoms with van der Waals surface area (Å²) in [6.07, 6.45) is 4.33. The zero-order valence-corrected chi connectivity index (χ0v) is 15.3. The van der Waals surface area contributed by atoms with Crippen molar-refractivity contribution in [3.8, 4) is 0 Å². The molecule has 1 aromatic rings. The Morgan fingerprint density at radius 3 is 2.33 bits per heavy atom. The van der Waals surface area contributed by atoms with Gasteiger partial charge in [0.15, 0.2) is 0 Å². The van der Waals surface area contributed by atoms with Gasteiger partial charge in [-0.1, -0.05) is 48.5 Å². The predicted molar refractivity (Wildman–Crippen MR) is 97.3 cm³/mol. The summed E-state index contributed by atoms with van der Waals surface area (Å²) in [6.45, 7) is 2.18. The Balaban J connectivity index is 2.04. The van der Waals surface area contributed by atoms with Crippen LogP contribution in [0.1, 0.15) is 39.0 Å². The highest BCUT2D eigenvalue weighted by Crippen LogP contribution is 2.30. The minimum absolute atomic E-state index is 0.0736. The summed E-state index contributed by atoms with van der Waals surface area (Å²) in [4.78, 5) is 26.5. The predicted octanol–water partition coefficient (Wildman–Crippen LogP) is 3.44. The molecule has 3 N–H and O–H groups in total. The number of hydrogen-bond donors (Lipinski definition) is 2. The lowest BCUT2D eigenvalue weighted by molar-refractivity contribution is -0.140. The maximum Gasteiger partial charge on any atom is 0.244 e. The summed E-state index contributed by atoms with van der Waals surface area (Å²) in [6, 6.07) is 4.98. The van der Waals surface area contributed by atoms with Crippen LogP contribution in [0.5, 0.6) is 0 Å². The van der Waals surface area contributed by atoms with Crippen LogP contribution in [0.15, 0.2) is 18.2 Å². The molecule has 0 atom stereocenters. The minimum atomic E-state index is -0.851. The smallest absolute Gasteiger partial charge is 0.244 e. The number of amides is 2. The number of carbonyl (C=O) groups excluding carboxylic acids is 2. The van der Waals surface area contributed by atoms with Crippen molar-refractivity contribution in [2.24, 2.45) is 5.73 Å². The molecule has 0 heterocycles. The zero-order chi connectivity index (χ0) is 17.7. The third-order valence-electron chi connectivity index (χ3n) is 4.40. The van der Waals surface area contributed by atoms with E-state index in [2.05, 4.69) is 5.32 Å². The number of hydrogen-bond acceptors (Lipinski definition) is 3. The zero-order valence-electron chi connectivity index (χ0n) is 13.8. The molecule has 1 aliphatic rings. The second kappa shape index (κ2) is 8.19. The minimum Gasteiger partial charge on any atom is -0.332 e. The van der Waals surface area contributed by atoms with Crippen molar-refractivity contribution in [1.29, 1.82) is 0 Å². The van der Waals surface area contributed by atoms with E-state index >= 15 is 0 Å². The van der Waals surface area contributed by atoms with Crippen LogP contribution in [0, 0.1) is 0 Å². The summed E-state index contributed by atoms with van der Waals surface area (Å²) in [7, 11) is 0. The van der Waals surface area contributed by atoms with E-state index in [0.29, 0.717) is 35.1 Å². The van der Waals surface area contributed by atoms with Crippen LogP contribution in [-0.2, 0) is 9.59 Å². The van der Waals surface area contributed by atoms with Gasteiger partial charge < -0.3 is 16.0 Å². The maximum absolute atomic E-state index is 12.7. The van der Waals surface area contributed by atoms with Crippen molar-refractivity contribution in [2.75, 3.05) is 18.4 Å². The highest BCUT2D eigenvalue weighted by Gasteiger charge is 2.38. The molecule has 5 nitrogen and oxygen atoms in total. The van der Waals surface area contributed by atoms with Crippen molar-refractivity contribution in [2.45, 2.75) is 44.6 Å². The van der Waals surface area contributed by atoms with Crippen molar-refractivity contribution in [3.05, 3.63) is 28.2 Å². The lowest BCUT2D eigenvalue weighted by Gasteiger charge is -2.36. The van der Waals surface area contributed by atoms with E-state index in [1.807, 2.05) is 6.92 Å². The van der Waals surface area contributed by atoms with Crippen LogP contribution < -0.4 is 11.1 Å². The quantitative estimate of drug-likeness (QED) is 0.831. The topological polar surface area (TPSA) is 75.4 Å². The largest absolute Gasteiger partial charge is 0.332 e. The van der Waals surface area contributed by atoms with E-state index in [4.69, 9.17) is 28.9 Å². The van der Waals surface area contributed by atoms with Gasteiger partial charge in [-0.25, -0.2) is 0 Å². The number of para-hydroxylation sites is 1. The average Bonchev–Trinajstić information content (AvgIpc) is 2.56. The highest BCUT2D eigenvalue weighted by molar-refractivity contribution is 6.39. The molecule has 0 bridgehead atoms. The van der Waals surface area contributed by atoms with Gasteiger partial charge in [0.25, 0.3) is 0 Å². The Labute approximate surface area is 152 Å². The molecule has 0 saturated heterocycles. The van der Waals surface area contributed by atoms with Crippen LogP contribution >= 0.6 is 23.2 Å². The number of benzene rings is 1. The number of nitrogens with zero attached hydrogens (tertiary/aromatic N) is 1. The second-order valence-electron chi connectivity index (χ2n) is 6.18. The molecule has 1 aliphatic carbocycles. The van der Waals surface area contributed by atoms with E-state index in [9.17, 15) is 9.59 Å². The van der Waals surface area contributed by atoms with E-state index in [-0.39, 0.29) is 18.4 Å². The fourth-order valence-electron chi connectivity index (χ4n) is 3.01. The molecular weight excluding hydrogens is 349 g/mol. The molecule has 2 amide bonds. The van der Waals surface area contributed by atoms with Gasteiger partial charge in [-0.05, 0) is 31.9 Å². The summed E-state index contributed by atoms with van der Waals surface area (Å²) >= 11 is 12.1. The molecule has 0 radical (unpaired) electrons. The van der Waals surface area contributed by atoms with Crippen molar-refractivity contribution in [1.82, 2.24) is 4.90 Å². The molecule has 1 fully saturated rings. The van der Waals surface area contributed by atoms with Crippen LogP contribution in [0.4, 0.5) is 5.69 Å². The van der Waals surface area contributed by atoms with E-state index in [0.717, 1.165) is 19.3 Å². The van der Waals surface area contributed by atoms with Crippen LogP contribution in [0.3, 0.4) is 0 Å². The Morgan fingerprint density at radius 2 is 1.79 bits per heavy atom. The molecule has 24 heavy (non-hydrogen) atoms. The highest BCUT2D eigenvalue weighted by atomic mass is 35.5. The van der Waals surface area contributed by atoms with Crippen molar-refractivity contribution < 1.29 is 9.59 Å². The standard InChI is InChI=1S/C17H23Cl2N3O2/c1-2-22(16(24)17(20)9-4-3-5-10-17)11-14(23)21-15-12(18)7-6-8-13(15)19/h6-8H,2-5,9-11,20H2,1H3,(H,21,23). The molecule has 1 aromatic carbocycles. The number of rotatable bonds is 5. The maximum atomic E-state index is 12.7. The van der Waals surface area contributed by atoms with Gasteiger partial charge in [0, 0.05) is 6.54 Å². The molecular formula is C17H23Cl2N3O2. The molecule has 7 heteroatoms. The molecule has 0 aliphatic heterocycles. The first-order chi connectivity index (χ1) is 11.4. The number of nitrogens with two attached hydrogens (primary N) is 1. The van der Waals surface area contributed by atoms with Gasteiger partial charge in [0.2, 0.25) is 11.8 Å². The molecule has 0 unspecified atom stereocenters. The normalized spacial score (nSPS) is 16.5. The first-order valence-corrected chi connectivity index (χ1v) is 8.95. The Morgan fingerprint density at radius 1 is 1.21 bits per heavy atom. The average molecular weight is 372 g/mol. The van der Waals surface area contributed by atoms with Gasteiger partial charge in [-0.15, -0.1) is 0 Å². The Hall–Kier alpha value is -1.30. The number of anilines is 1. The molecule has 0 aromatic heterocycles. The number of carbonyl (C=O) groups is 2. The summed E-state index contributed by atoms with van der Waals surface area (Å²) in [5.41, 5.74) is 5.80. The van der Waals surface area contributed by atoms with Gasteiger partial charge >= 0.3 is 0 Å². The van der Waals surface area contributed by atoms with E-state index in [1.54, 1.807) is 18.2 Å². The van der Waals surface area contributed by atoms with Crippen LogP contribution in [-0.4, -0.2) is 35.3 Å². The van der Waals surface area contributed by atoms with Gasteiger partial charge in [0.05, 0.1) is 27.8 Å². The fraction of sp³-hybridized carbons (Fsp3) is 0.529. The first-order valence-electron chi connectivity index (χ1n) is 8.19. The number of nitrogens with one attached hydrogen (secondary N) is 1. The Bertz CT molecular complexity index is 596. The molecule has 2 rings (SSSR count). The Kier molecular flexibility index (Phi) is 6.49. The van der Waals surface area contributed by atoms with Crippen molar-refractivity contribution >= 4 is 40.7 Å². The first kappa shape index (κ1) is 19.0. The summed E-state index contributed by atoms with van der Waals surface area (Å²) in [5, 5.41) is 3.38. The lowest BCUT2D eigenvalue weighted by atomic mass is 9.81. The molecule has 1 saturated carbocycles.